The first-order valence-electron chi connectivity index (χ1n) is 5.43. The topological polar surface area (TPSA) is 125 Å². The number of carbonyl (C=O) groups is 2. The molecule has 0 aliphatic carbocycles. The van der Waals surface area contributed by atoms with Crippen LogP contribution in [0.2, 0.25) is 0 Å². The summed E-state index contributed by atoms with van der Waals surface area (Å²) < 4.78 is 9.82. The molecule has 0 saturated carbocycles. The van der Waals surface area contributed by atoms with Crippen LogP contribution in [-0.4, -0.2) is 64.4 Å². The van der Waals surface area contributed by atoms with Gasteiger partial charge in [-0.2, -0.15) is 0 Å². The zero-order valence-electron chi connectivity index (χ0n) is 10.1. The Morgan fingerprint density at radius 1 is 1.33 bits per heavy atom. The Morgan fingerprint density at radius 2 is 1.94 bits per heavy atom. The molecule has 1 amide bonds. The Hall–Kier alpha value is -1.22. The predicted molar refractivity (Wildman–Crippen MR) is 57.1 cm³/mol. The molecule has 1 rings (SSSR count). The third kappa shape index (κ3) is 3.39. The van der Waals surface area contributed by atoms with E-state index in [0.29, 0.717) is 0 Å². The molecule has 4 N–H and O–H groups in total. The van der Waals surface area contributed by atoms with Gasteiger partial charge in [0.1, 0.15) is 18.2 Å². The zero-order chi connectivity index (χ0) is 13.9. The minimum absolute atomic E-state index is 0.481. The summed E-state index contributed by atoms with van der Waals surface area (Å²) in [6.45, 7) is 1.80. The molecule has 0 radical (unpaired) electrons. The molecule has 0 aromatic rings. The van der Waals surface area contributed by atoms with Gasteiger partial charge in [-0.25, -0.2) is 0 Å². The predicted octanol–water partition coefficient (Wildman–Crippen LogP) is -2.51. The van der Waals surface area contributed by atoms with Crippen molar-refractivity contribution in [3.8, 4) is 0 Å². The summed E-state index contributed by atoms with van der Waals surface area (Å²) in [6.07, 6.45) is -5.08. The summed E-state index contributed by atoms with van der Waals surface area (Å²) in [6, 6.07) is -1.13. The standard InChI is InChI=1S/C10H17NO7/c1-4(13)11-7-8(15)9(17-5(2)14)6(3-12)18-10(7)16/h6-10,12,15-16H,3H2,1-2H3,(H,11,13)/t6-,7+,8-,9-,10-/m1/s1. The van der Waals surface area contributed by atoms with E-state index in [4.69, 9.17) is 14.6 Å². The average molecular weight is 263 g/mol. The fourth-order valence-corrected chi connectivity index (χ4v) is 1.81. The fraction of sp³-hybridized carbons (Fsp3) is 0.800. The van der Waals surface area contributed by atoms with E-state index >= 15 is 0 Å². The summed E-state index contributed by atoms with van der Waals surface area (Å²) in [4.78, 5) is 21.8. The van der Waals surface area contributed by atoms with E-state index in [1.807, 2.05) is 0 Å². The smallest absolute Gasteiger partial charge is 0.303 e. The van der Waals surface area contributed by atoms with E-state index in [1.165, 1.54) is 6.92 Å². The van der Waals surface area contributed by atoms with Crippen LogP contribution in [0.5, 0.6) is 0 Å². The lowest BCUT2D eigenvalue weighted by molar-refractivity contribution is -0.259. The summed E-state index contributed by atoms with van der Waals surface area (Å²) in [5.41, 5.74) is 0. The van der Waals surface area contributed by atoms with E-state index in [-0.39, 0.29) is 0 Å². The second-order valence-electron chi connectivity index (χ2n) is 4.04. The number of aliphatic hydroxyl groups is 3. The first kappa shape index (κ1) is 14.8. The van der Waals surface area contributed by atoms with Gasteiger partial charge in [-0.1, -0.05) is 0 Å². The third-order valence-electron chi connectivity index (χ3n) is 2.54. The summed E-state index contributed by atoms with van der Waals surface area (Å²) in [5, 5.41) is 30.9. The number of hydrogen-bond acceptors (Lipinski definition) is 7. The van der Waals surface area contributed by atoms with Gasteiger partial charge in [-0.05, 0) is 0 Å². The number of ether oxygens (including phenoxy) is 2. The van der Waals surface area contributed by atoms with Gasteiger partial charge in [0.2, 0.25) is 5.91 Å². The zero-order valence-corrected chi connectivity index (χ0v) is 10.1. The number of nitrogens with one attached hydrogen (secondary N) is 1. The number of carbonyl (C=O) groups excluding carboxylic acids is 2. The van der Waals surface area contributed by atoms with Crippen molar-refractivity contribution in [3.63, 3.8) is 0 Å². The van der Waals surface area contributed by atoms with Crippen LogP contribution in [0.15, 0.2) is 0 Å². The van der Waals surface area contributed by atoms with Gasteiger partial charge < -0.3 is 30.1 Å². The molecule has 0 spiro atoms. The maximum absolute atomic E-state index is 10.9. The molecule has 5 atom stereocenters. The highest BCUT2D eigenvalue weighted by Crippen LogP contribution is 2.22. The number of amides is 1. The average Bonchev–Trinajstić information content (AvgIpc) is 2.27. The molecule has 0 bridgehead atoms. The quantitative estimate of drug-likeness (QED) is 0.414. The molecule has 1 aliphatic rings. The van der Waals surface area contributed by atoms with Gasteiger partial charge in [0.05, 0.1) is 6.61 Å². The van der Waals surface area contributed by atoms with Crippen molar-refractivity contribution in [2.24, 2.45) is 0 Å². The van der Waals surface area contributed by atoms with Crippen molar-refractivity contribution in [1.82, 2.24) is 5.32 Å². The monoisotopic (exact) mass is 263 g/mol. The van der Waals surface area contributed by atoms with E-state index < -0.39 is 49.1 Å². The Kier molecular flexibility index (Phi) is 5.03. The van der Waals surface area contributed by atoms with Crippen LogP contribution < -0.4 is 5.32 Å². The van der Waals surface area contributed by atoms with Crippen LogP contribution in [0.1, 0.15) is 13.8 Å². The van der Waals surface area contributed by atoms with E-state index in [1.54, 1.807) is 0 Å². The van der Waals surface area contributed by atoms with Crippen LogP contribution in [0.3, 0.4) is 0 Å². The third-order valence-corrected chi connectivity index (χ3v) is 2.54. The van der Waals surface area contributed by atoms with Crippen molar-refractivity contribution in [2.45, 2.75) is 44.5 Å². The van der Waals surface area contributed by atoms with Crippen LogP contribution in [0.4, 0.5) is 0 Å². The largest absolute Gasteiger partial charge is 0.457 e. The van der Waals surface area contributed by atoms with Gasteiger partial charge >= 0.3 is 5.97 Å². The van der Waals surface area contributed by atoms with Crippen molar-refractivity contribution in [1.29, 1.82) is 0 Å². The Bertz CT molecular complexity index is 321. The molecule has 1 fully saturated rings. The van der Waals surface area contributed by atoms with Gasteiger partial charge in [0, 0.05) is 13.8 Å². The number of rotatable bonds is 3. The summed E-state index contributed by atoms with van der Waals surface area (Å²) >= 11 is 0. The second-order valence-corrected chi connectivity index (χ2v) is 4.04. The van der Waals surface area contributed by atoms with Crippen molar-refractivity contribution in [3.05, 3.63) is 0 Å². The molecular formula is C10H17NO7. The van der Waals surface area contributed by atoms with Gasteiger partial charge in [0.25, 0.3) is 0 Å². The highest BCUT2D eigenvalue weighted by Gasteiger charge is 2.46. The van der Waals surface area contributed by atoms with Gasteiger partial charge in [-0.15, -0.1) is 0 Å². The Labute approximate surface area is 104 Å². The van der Waals surface area contributed by atoms with Crippen molar-refractivity contribution in [2.75, 3.05) is 6.61 Å². The van der Waals surface area contributed by atoms with E-state index in [9.17, 15) is 19.8 Å². The van der Waals surface area contributed by atoms with Crippen LogP contribution in [0, 0.1) is 0 Å². The van der Waals surface area contributed by atoms with Crippen LogP contribution in [-0.2, 0) is 19.1 Å². The molecule has 104 valence electrons. The molecule has 0 aromatic carbocycles. The Balaban J connectivity index is 2.84. The number of hydrogen-bond donors (Lipinski definition) is 4. The Morgan fingerprint density at radius 3 is 2.39 bits per heavy atom. The van der Waals surface area contributed by atoms with Crippen LogP contribution in [0.25, 0.3) is 0 Å². The SMILES string of the molecule is CC(=O)N[C@H]1[C@@H](O)[C@H](OC(C)=O)[C@@H](CO)O[C@H]1O. The molecule has 8 nitrogen and oxygen atoms in total. The molecule has 1 saturated heterocycles. The minimum atomic E-state index is -1.49. The van der Waals surface area contributed by atoms with Crippen molar-refractivity contribution >= 4 is 11.9 Å². The van der Waals surface area contributed by atoms with Crippen LogP contribution >= 0.6 is 0 Å². The normalized spacial score (nSPS) is 35.9. The summed E-state index contributed by atoms with van der Waals surface area (Å²) in [5.74, 6) is -1.15. The lowest BCUT2D eigenvalue weighted by Crippen LogP contribution is -2.64. The molecule has 0 aromatic heterocycles. The maximum atomic E-state index is 10.9. The summed E-state index contributed by atoms with van der Waals surface area (Å²) in [7, 11) is 0. The first-order valence-corrected chi connectivity index (χ1v) is 5.43. The lowest BCUT2D eigenvalue weighted by Gasteiger charge is -2.41. The minimum Gasteiger partial charge on any atom is -0.457 e. The lowest BCUT2D eigenvalue weighted by atomic mass is 9.96. The molecule has 1 aliphatic heterocycles. The van der Waals surface area contributed by atoms with Crippen molar-refractivity contribution < 1.29 is 34.4 Å². The molecule has 1 heterocycles. The number of esters is 1. The highest BCUT2D eigenvalue weighted by molar-refractivity contribution is 5.73. The van der Waals surface area contributed by atoms with E-state index in [0.717, 1.165) is 6.92 Å². The van der Waals surface area contributed by atoms with E-state index in [2.05, 4.69) is 5.32 Å². The molecular weight excluding hydrogens is 246 g/mol. The maximum Gasteiger partial charge on any atom is 0.303 e. The fourth-order valence-electron chi connectivity index (χ4n) is 1.81. The molecule has 18 heavy (non-hydrogen) atoms. The molecule has 0 unspecified atom stereocenters. The molecule has 8 heteroatoms. The van der Waals surface area contributed by atoms with Gasteiger partial charge in [-0.3, -0.25) is 9.59 Å². The number of aliphatic hydroxyl groups excluding tert-OH is 3. The van der Waals surface area contributed by atoms with Gasteiger partial charge in [0.15, 0.2) is 12.4 Å². The second kappa shape index (κ2) is 6.10. The highest BCUT2D eigenvalue weighted by atomic mass is 16.6. The first-order chi connectivity index (χ1) is 8.36.